The summed E-state index contributed by atoms with van der Waals surface area (Å²) in [7, 11) is 1.96. The molecule has 1 atom stereocenters. The number of thiazole rings is 1. The van der Waals surface area contributed by atoms with Crippen LogP contribution >= 0.6 is 11.3 Å². The SMILES string of the molecule is CCc1nc2ccc(N3CCC4(CNC(=O)O4)C3)nn2c1N(C)c1nc(-c2ccc(F)cc2)cs1. The first kappa shape index (κ1) is 21.8. The van der Waals surface area contributed by atoms with E-state index < -0.39 is 5.60 Å². The summed E-state index contributed by atoms with van der Waals surface area (Å²) >= 11 is 1.51. The second-order valence-corrected chi connectivity index (χ2v) is 9.71. The fourth-order valence-corrected chi connectivity index (χ4v) is 5.53. The average molecular weight is 494 g/mol. The number of halogens is 1. The number of anilines is 3. The Kier molecular flexibility index (Phi) is 5.10. The Bertz CT molecular complexity index is 1420. The molecule has 11 heteroatoms. The largest absolute Gasteiger partial charge is 0.439 e. The van der Waals surface area contributed by atoms with Gasteiger partial charge in [0.25, 0.3) is 0 Å². The number of nitrogens with one attached hydrogen (secondary N) is 1. The Balaban J connectivity index is 1.33. The van der Waals surface area contributed by atoms with Crippen LogP contribution in [0.3, 0.4) is 0 Å². The zero-order valence-corrected chi connectivity index (χ0v) is 20.2. The van der Waals surface area contributed by atoms with Gasteiger partial charge in [0.15, 0.2) is 22.2 Å². The van der Waals surface area contributed by atoms with Gasteiger partial charge in [0.05, 0.1) is 24.5 Å². The summed E-state index contributed by atoms with van der Waals surface area (Å²) in [5.41, 5.74) is 2.84. The van der Waals surface area contributed by atoms with Crippen molar-refractivity contribution in [3.63, 3.8) is 0 Å². The summed E-state index contributed by atoms with van der Waals surface area (Å²) < 4.78 is 20.7. The predicted octanol–water partition coefficient (Wildman–Crippen LogP) is 4.01. The number of fused-ring (bicyclic) bond motifs is 1. The van der Waals surface area contributed by atoms with Gasteiger partial charge in [0.2, 0.25) is 0 Å². The van der Waals surface area contributed by atoms with Crippen molar-refractivity contribution in [1.29, 1.82) is 0 Å². The zero-order valence-electron chi connectivity index (χ0n) is 19.4. The van der Waals surface area contributed by atoms with Crippen LogP contribution in [0.15, 0.2) is 41.8 Å². The van der Waals surface area contributed by atoms with Gasteiger partial charge in [-0.1, -0.05) is 6.92 Å². The van der Waals surface area contributed by atoms with E-state index >= 15 is 0 Å². The molecule has 1 unspecified atom stereocenters. The molecule has 4 aromatic rings. The summed E-state index contributed by atoms with van der Waals surface area (Å²) in [5, 5.41) is 10.5. The van der Waals surface area contributed by atoms with Crippen LogP contribution in [0, 0.1) is 5.82 Å². The molecule has 2 saturated heterocycles. The molecule has 35 heavy (non-hydrogen) atoms. The molecule has 1 spiro atoms. The summed E-state index contributed by atoms with van der Waals surface area (Å²) in [6.07, 6.45) is 1.14. The molecule has 1 N–H and O–H groups in total. The van der Waals surface area contributed by atoms with E-state index in [0.717, 1.165) is 58.8 Å². The van der Waals surface area contributed by atoms with Gasteiger partial charge in [0, 0.05) is 31.0 Å². The molecule has 0 bridgehead atoms. The minimum absolute atomic E-state index is 0.271. The molecule has 0 aliphatic carbocycles. The maximum atomic E-state index is 13.3. The number of carbonyl (C=O) groups excluding carboxylic acids is 1. The van der Waals surface area contributed by atoms with Crippen molar-refractivity contribution in [2.75, 3.05) is 36.5 Å². The summed E-state index contributed by atoms with van der Waals surface area (Å²) in [6.45, 7) is 3.93. The highest BCUT2D eigenvalue weighted by Gasteiger charge is 2.46. The molecule has 1 aromatic carbocycles. The van der Waals surface area contributed by atoms with E-state index in [-0.39, 0.29) is 11.9 Å². The first-order valence-electron chi connectivity index (χ1n) is 11.5. The van der Waals surface area contributed by atoms with Crippen molar-refractivity contribution in [2.24, 2.45) is 0 Å². The highest BCUT2D eigenvalue weighted by Crippen LogP contribution is 2.35. The van der Waals surface area contributed by atoms with Crippen LogP contribution in [0.25, 0.3) is 16.9 Å². The third-order valence-corrected chi connectivity index (χ3v) is 7.50. The van der Waals surface area contributed by atoms with Crippen molar-refractivity contribution in [2.45, 2.75) is 25.4 Å². The van der Waals surface area contributed by atoms with Crippen LogP contribution in [0.1, 0.15) is 19.0 Å². The lowest BCUT2D eigenvalue weighted by Crippen LogP contribution is -2.37. The fourth-order valence-electron chi connectivity index (χ4n) is 4.73. The third-order valence-electron chi connectivity index (χ3n) is 6.59. The third kappa shape index (κ3) is 3.75. The molecule has 3 aromatic heterocycles. The number of imidazole rings is 1. The molecule has 0 saturated carbocycles. The Hall–Kier alpha value is -3.73. The number of ether oxygens (including phenoxy) is 1. The summed E-state index contributed by atoms with van der Waals surface area (Å²) in [5.74, 6) is 1.39. The lowest BCUT2D eigenvalue weighted by Gasteiger charge is -2.22. The zero-order chi connectivity index (χ0) is 24.2. The van der Waals surface area contributed by atoms with Gasteiger partial charge in [-0.15, -0.1) is 16.4 Å². The predicted molar refractivity (Wildman–Crippen MR) is 132 cm³/mol. The van der Waals surface area contributed by atoms with Gasteiger partial charge < -0.3 is 19.9 Å². The maximum absolute atomic E-state index is 13.3. The van der Waals surface area contributed by atoms with Crippen LogP contribution in [-0.2, 0) is 11.2 Å². The molecule has 2 aliphatic heterocycles. The molecular weight excluding hydrogens is 469 g/mol. The second-order valence-electron chi connectivity index (χ2n) is 8.88. The Morgan fingerprint density at radius 1 is 1.23 bits per heavy atom. The van der Waals surface area contributed by atoms with Crippen LogP contribution in [0.4, 0.5) is 26.0 Å². The molecule has 1 amide bonds. The molecule has 5 heterocycles. The monoisotopic (exact) mass is 493 g/mol. The number of rotatable bonds is 5. The van der Waals surface area contributed by atoms with Gasteiger partial charge in [0.1, 0.15) is 11.6 Å². The van der Waals surface area contributed by atoms with Crippen molar-refractivity contribution in [3.05, 3.63) is 53.3 Å². The fraction of sp³-hybridized carbons (Fsp3) is 0.333. The average Bonchev–Trinajstić information content (AvgIpc) is 3.65. The van der Waals surface area contributed by atoms with Gasteiger partial charge in [-0.3, -0.25) is 0 Å². The molecule has 2 aliphatic rings. The first-order chi connectivity index (χ1) is 16.9. The summed E-state index contributed by atoms with van der Waals surface area (Å²) in [4.78, 5) is 25.3. The van der Waals surface area contributed by atoms with Crippen LogP contribution in [-0.4, -0.2) is 58.0 Å². The normalized spacial score (nSPS) is 19.5. The van der Waals surface area contributed by atoms with Gasteiger partial charge in [-0.05, 0) is 42.8 Å². The Labute approximate surface area is 205 Å². The maximum Gasteiger partial charge on any atom is 0.407 e. The molecule has 6 rings (SSSR count). The standard InChI is InChI=1S/C24H24FN7O2S/c1-3-17-21(30(2)22-28-18(12-35-22)15-4-6-16(25)7-5-15)32-19(27-17)8-9-20(29-32)31-11-10-24(14-31)13-26-23(33)34-24/h4-9,12H,3,10-11,13-14H2,1-2H3,(H,26,33). The number of hydrogen-bond acceptors (Lipinski definition) is 8. The topological polar surface area (TPSA) is 87.9 Å². The number of amides is 1. The van der Waals surface area contributed by atoms with E-state index in [1.54, 1.807) is 12.1 Å². The number of carbonyl (C=O) groups is 1. The Morgan fingerprint density at radius 2 is 2.06 bits per heavy atom. The van der Waals surface area contributed by atoms with Gasteiger partial charge >= 0.3 is 6.09 Å². The lowest BCUT2D eigenvalue weighted by atomic mass is 10.0. The first-order valence-corrected chi connectivity index (χ1v) is 12.4. The summed E-state index contributed by atoms with van der Waals surface area (Å²) in [6, 6.07) is 10.3. The highest BCUT2D eigenvalue weighted by atomic mass is 32.1. The number of nitrogens with zero attached hydrogens (tertiary/aromatic N) is 6. The Morgan fingerprint density at radius 3 is 2.80 bits per heavy atom. The van der Waals surface area contributed by atoms with Crippen molar-refractivity contribution in [3.8, 4) is 11.3 Å². The number of hydrogen-bond donors (Lipinski definition) is 1. The molecular formula is C24H24FN7O2S. The van der Waals surface area contributed by atoms with E-state index in [2.05, 4.69) is 17.1 Å². The van der Waals surface area contributed by atoms with E-state index in [1.165, 1.54) is 23.5 Å². The number of aromatic nitrogens is 4. The highest BCUT2D eigenvalue weighted by molar-refractivity contribution is 7.14. The molecule has 9 nitrogen and oxygen atoms in total. The van der Waals surface area contributed by atoms with Crippen LogP contribution in [0.2, 0.25) is 0 Å². The van der Waals surface area contributed by atoms with Crippen LogP contribution < -0.4 is 15.1 Å². The quantitative estimate of drug-likeness (QED) is 0.449. The lowest BCUT2D eigenvalue weighted by molar-refractivity contribution is 0.0745. The van der Waals surface area contributed by atoms with E-state index in [1.807, 2.05) is 34.0 Å². The van der Waals surface area contributed by atoms with Crippen molar-refractivity contribution >= 4 is 39.8 Å². The molecule has 0 radical (unpaired) electrons. The van der Waals surface area contributed by atoms with Crippen LogP contribution in [0.5, 0.6) is 0 Å². The smallest absolute Gasteiger partial charge is 0.407 e. The number of benzene rings is 1. The minimum Gasteiger partial charge on any atom is -0.439 e. The molecule has 2 fully saturated rings. The van der Waals surface area contributed by atoms with E-state index in [4.69, 9.17) is 19.8 Å². The van der Waals surface area contributed by atoms with Gasteiger partial charge in [-0.2, -0.15) is 4.52 Å². The van der Waals surface area contributed by atoms with Crippen molar-refractivity contribution < 1.29 is 13.9 Å². The van der Waals surface area contributed by atoms with Crippen molar-refractivity contribution in [1.82, 2.24) is 24.9 Å². The van der Waals surface area contributed by atoms with E-state index in [9.17, 15) is 9.18 Å². The van der Waals surface area contributed by atoms with Gasteiger partial charge in [-0.25, -0.2) is 19.2 Å². The number of alkyl carbamates (subject to hydrolysis) is 1. The molecule has 180 valence electrons. The second kappa shape index (κ2) is 8.19. The minimum atomic E-state index is -0.492. The van der Waals surface area contributed by atoms with E-state index in [0.29, 0.717) is 13.1 Å². The number of aryl methyl sites for hydroxylation is 1.